The normalized spacial score (nSPS) is 10.4. The highest BCUT2D eigenvalue weighted by molar-refractivity contribution is 6.39. The molecule has 0 aliphatic heterocycles. The summed E-state index contributed by atoms with van der Waals surface area (Å²) in [6.45, 7) is 2.61. The highest BCUT2D eigenvalue weighted by Crippen LogP contribution is 2.16. The second-order valence-electron chi connectivity index (χ2n) is 4.59. The van der Waals surface area contributed by atoms with Crippen LogP contribution >= 0.6 is 0 Å². The van der Waals surface area contributed by atoms with Gasteiger partial charge in [0, 0.05) is 17.6 Å². The van der Waals surface area contributed by atoms with Crippen molar-refractivity contribution in [2.45, 2.75) is 26.2 Å². The number of anilines is 1. The smallest absolute Gasteiger partial charge is 0.313 e. The van der Waals surface area contributed by atoms with Gasteiger partial charge in [0.25, 0.3) is 0 Å². The van der Waals surface area contributed by atoms with Crippen molar-refractivity contribution in [3.63, 3.8) is 0 Å². The number of nitrogens with one attached hydrogen (secondary N) is 3. The molecule has 0 spiro atoms. The highest BCUT2D eigenvalue weighted by Gasteiger charge is 2.13. The molecule has 0 aliphatic rings. The van der Waals surface area contributed by atoms with Crippen LogP contribution in [0.15, 0.2) is 24.4 Å². The van der Waals surface area contributed by atoms with E-state index in [1.54, 1.807) is 18.3 Å². The summed E-state index contributed by atoms with van der Waals surface area (Å²) in [5.41, 5.74) is 1.38. The van der Waals surface area contributed by atoms with Crippen molar-refractivity contribution in [3.8, 4) is 0 Å². The molecule has 2 amide bonds. The van der Waals surface area contributed by atoms with E-state index in [0.29, 0.717) is 12.2 Å². The number of benzene rings is 1. The Bertz CT molecular complexity index is 606. The van der Waals surface area contributed by atoms with Gasteiger partial charge in [0.05, 0.1) is 11.7 Å². The van der Waals surface area contributed by atoms with Crippen LogP contribution in [-0.4, -0.2) is 28.6 Å². The van der Waals surface area contributed by atoms with Gasteiger partial charge in [-0.15, -0.1) is 0 Å². The van der Waals surface area contributed by atoms with Gasteiger partial charge in [0.2, 0.25) is 0 Å². The van der Waals surface area contributed by atoms with Crippen LogP contribution in [0.3, 0.4) is 0 Å². The molecule has 6 nitrogen and oxygen atoms in total. The summed E-state index contributed by atoms with van der Waals surface area (Å²) >= 11 is 0. The zero-order valence-corrected chi connectivity index (χ0v) is 11.4. The summed E-state index contributed by atoms with van der Waals surface area (Å²) < 4.78 is 0. The van der Waals surface area contributed by atoms with Crippen molar-refractivity contribution in [2.24, 2.45) is 0 Å². The number of aromatic nitrogens is 2. The molecule has 106 valence electrons. The number of aromatic amines is 1. The number of carbonyl (C=O) groups excluding carboxylic acids is 2. The van der Waals surface area contributed by atoms with E-state index in [-0.39, 0.29) is 0 Å². The third-order valence-electron chi connectivity index (χ3n) is 2.97. The van der Waals surface area contributed by atoms with E-state index in [1.807, 2.05) is 6.07 Å². The molecule has 0 fully saturated rings. The lowest BCUT2D eigenvalue weighted by Gasteiger charge is -2.06. The highest BCUT2D eigenvalue weighted by atomic mass is 16.2. The number of fused-ring (bicyclic) bond motifs is 1. The topological polar surface area (TPSA) is 86.9 Å². The fourth-order valence-corrected chi connectivity index (χ4v) is 1.86. The van der Waals surface area contributed by atoms with Gasteiger partial charge in [-0.3, -0.25) is 14.7 Å². The number of H-pyrrole nitrogens is 1. The quantitative estimate of drug-likeness (QED) is 0.574. The Hall–Kier alpha value is -2.37. The van der Waals surface area contributed by atoms with Gasteiger partial charge in [-0.2, -0.15) is 5.10 Å². The lowest BCUT2D eigenvalue weighted by atomic mass is 10.2. The first kappa shape index (κ1) is 14.0. The molecule has 0 saturated carbocycles. The number of carbonyl (C=O) groups is 2. The number of nitrogens with zero attached hydrogens (tertiary/aromatic N) is 1. The van der Waals surface area contributed by atoms with Crippen molar-refractivity contribution >= 4 is 28.4 Å². The van der Waals surface area contributed by atoms with Gasteiger partial charge in [0.15, 0.2) is 0 Å². The fraction of sp³-hybridized carbons (Fsp3) is 0.357. The van der Waals surface area contributed by atoms with Crippen LogP contribution in [0, 0.1) is 0 Å². The van der Waals surface area contributed by atoms with Gasteiger partial charge >= 0.3 is 11.8 Å². The van der Waals surface area contributed by atoms with Gasteiger partial charge < -0.3 is 10.6 Å². The van der Waals surface area contributed by atoms with Crippen LogP contribution in [0.2, 0.25) is 0 Å². The molecule has 0 saturated heterocycles. The Morgan fingerprint density at radius 3 is 2.90 bits per heavy atom. The molecule has 0 radical (unpaired) electrons. The summed E-state index contributed by atoms with van der Waals surface area (Å²) in [7, 11) is 0. The maximum absolute atomic E-state index is 11.7. The number of rotatable bonds is 5. The molecule has 1 aromatic carbocycles. The predicted octanol–water partition coefficient (Wildman–Crippen LogP) is 1.81. The molecular weight excluding hydrogens is 256 g/mol. The van der Waals surface area contributed by atoms with Crippen LogP contribution in [0.4, 0.5) is 5.69 Å². The molecule has 0 aliphatic carbocycles. The molecule has 0 bridgehead atoms. The standard InChI is InChI=1S/C14H18N4O2/c1-2-3-4-7-15-13(19)14(20)17-11-6-5-10-9-16-18-12(10)8-11/h5-6,8-9H,2-4,7H2,1H3,(H,15,19)(H,16,18)(H,17,20). The largest absolute Gasteiger partial charge is 0.348 e. The molecule has 1 heterocycles. The number of hydrogen-bond donors (Lipinski definition) is 3. The van der Waals surface area contributed by atoms with Crippen molar-refractivity contribution in [2.75, 3.05) is 11.9 Å². The Morgan fingerprint density at radius 2 is 2.10 bits per heavy atom. The molecular formula is C14H18N4O2. The monoisotopic (exact) mass is 274 g/mol. The molecule has 2 rings (SSSR count). The molecule has 0 unspecified atom stereocenters. The van der Waals surface area contributed by atoms with E-state index in [0.717, 1.165) is 30.2 Å². The average molecular weight is 274 g/mol. The van der Waals surface area contributed by atoms with E-state index >= 15 is 0 Å². The van der Waals surface area contributed by atoms with Gasteiger partial charge in [-0.05, 0) is 24.6 Å². The summed E-state index contributed by atoms with van der Waals surface area (Å²) in [5, 5.41) is 12.8. The maximum atomic E-state index is 11.7. The Balaban J connectivity index is 1.88. The zero-order valence-electron chi connectivity index (χ0n) is 11.4. The number of hydrogen-bond acceptors (Lipinski definition) is 3. The first-order valence-electron chi connectivity index (χ1n) is 6.73. The lowest BCUT2D eigenvalue weighted by Crippen LogP contribution is -2.35. The summed E-state index contributed by atoms with van der Waals surface area (Å²) in [6.07, 6.45) is 4.70. The van der Waals surface area contributed by atoms with Gasteiger partial charge in [0.1, 0.15) is 0 Å². The lowest BCUT2D eigenvalue weighted by molar-refractivity contribution is -0.136. The molecule has 20 heavy (non-hydrogen) atoms. The Kier molecular flexibility index (Phi) is 4.70. The van der Waals surface area contributed by atoms with E-state index in [2.05, 4.69) is 27.8 Å². The zero-order chi connectivity index (χ0) is 14.4. The van der Waals surface area contributed by atoms with Crippen molar-refractivity contribution < 1.29 is 9.59 Å². The van der Waals surface area contributed by atoms with Crippen LogP contribution in [0.25, 0.3) is 10.9 Å². The molecule has 0 atom stereocenters. The molecule has 6 heteroatoms. The van der Waals surface area contributed by atoms with E-state index in [4.69, 9.17) is 0 Å². The predicted molar refractivity (Wildman–Crippen MR) is 77.3 cm³/mol. The minimum atomic E-state index is -0.652. The van der Waals surface area contributed by atoms with Crippen LogP contribution < -0.4 is 10.6 Å². The van der Waals surface area contributed by atoms with Crippen LogP contribution in [0.5, 0.6) is 0 Å². The van der Waals surface area contributed by atoms with Crippen molar-refractivity contribution in [3.05, 3.63) is 24.4 Å². The first-order valence-corrected chi connectivity index (χ1v) is 6.73. The number of unbranched alkanes of at least 4 members (excludes halogenated alkanes) is 2. The number of amides is 2. The Morgan fingerprint density at radius 1 is 1.25 bits per heavy atom. The molecule has 2 aromatic rings. The second-order valence-corrected chi connectivity index (χ2v) is 4.59. The maximum Gasteiger partial charge on any atom is 0.313 e. The van der Waals surface area contributed by atoms with Gasteiger partial charge in [-0.1, -0.05) is 19.8 Å². The van der Waals surface area contributed by atoms with E-state index in [9.17, 15) is 9.59 Å². The Labute approximate surface area is 116 Å². The molecule has 1 aromatic heterocycles. The fourth-order valence-electron chi connectivity index (χ4n) is 1.86. The van der Waals surface area contributed by atoms with Gasteiger partial charge in [-0.25, -0.2) is 0 Å². The first-order chi connectivity index (χ1) is 9.70. The average Bonchev–Trinajstić information content (AvgIpc) is 2.90. The van der Waals surface area contributed by atoms with Crippen molar-refractivity contribution in [1.29, 1.82) is 0 Å². The van der Waals surface area contributed by atoms with E-state index in [1.165, 1.54) is 0 Å². The molecule has 3 N–H and O–H groups in total. The third-order valence-corrected chi connectivity index (χ3v) is 2.97. The minimum absolute atomic E-state index is 0.527. The van der Waals surface area contributed by atoms with Crippen LogP contribution in [0.1, 0.15) is 26.2 Å². The minimum Gasteiger partial charge on any atom is -0.348 e. The summed E-state index contributed by atoms with van der Waals surface area (Å²) in [6, 6.07) is 5.30. The van der Waals surface area contributed by atoms with Crippen molar-refractivity contribution in [1.82, 2.24) is 15.5 Å². The van der Waals surface area contributed by atoms with E-state index < -0.39 is 11.8 Å². The SMILES string of the molecule is CCCCCNC(=O)C(=O)Nc1ccc2cn[nH]c2c1. The third kappa shape index (κ3) is 3.57. The second kappa shape index (κ2) is 6.70. The summed E-state index contributed by atoms with van der Waals surface area (Å²) in [5.74, 6) is -1.26. The summed E-state index contributed by atoms with van der Waals surface area (Å²) in [4.78, 5) is 23.3. The van der Waals surface area contributed by atoms with Crippen LogP contribution in [-0.2, 0) is 9.59 Å².